The van der Waals surface area contributed by atoms with Crippen LogP contribution >= 0.6 is 35.1 Å². The molecule has 0 bridgehead atoms. The van der Waals surface area contributed by atoms with E-state index in [2.05, 4.69) is 26.7 Å². The molecule has 0 heterocycles. The zero-order valence-electron chi connectivity index (χ0n) is 5.71. The molecule has 0 spiro atoms. The third-order valence-corrected chi connectivity index (χ3v) is 10.7. The van der Waals surface area contributed by atoms with E-state index in [0.29, 0.717) is 0 Å². The van der Waals surface area contributed by atoms with E-state index < -0.39 is 0 Å². The highest BCUT2D eigenvalue weighted by Gasteiger charge is 1.96. The van der Waals surface area contributed by atoms with Gasteiger partial charge in [0.05, 0.1) is 0 Å². The Bertz CT molecular complexity index is 48.0. The quantitative estimate of drug-likeness (QED) is 0.487. The molecule has 0 aromatic heterocycles. The summed E-state index contributed by atoms with van der Waals surface area (Å²) in [7, 11) is 4.62. The van der Waals surface area contributed by atoms with Gasteiger partial charge in [-0.05, 0) is 40.9 Å². The summed E-state index contributed by atoms with van der Waals surface area (Å²) in [5.74, 6) is 0. The summed E-state index contributed by atoms with van der Waals surface area (Å²) in [4.78, 5) is 0. The zero-order chi connectivity index (χ0) is 6.57. The van der Waals surface area contributed by atoms with E-state index in [1.54, 1.807) is 0 Å². The van der Waals surface area contributed by atoms with Gasteiger partial charge in [0.2, 0.25) is 0 Å². The first-order valence-electron chi connectivity index (χ1n) is 2.32. The summed E-state index contributed by atoms with van der Waals surface area (Å²) >= 11 is 0. The van der Waals surface area contributed by atoms with Crippen LogP contribution < -0.4 is 0 Å². The highest BCUT2D eigenvalue weighted by molar-refractivity contribution is 9.12. The normalized spacial score (nSPS) is 11.2. The molecule has 0 aromatic rings. The van der Waals surface area contributed by atoms with Gasteiger partial charge in [0.15, 0.2) is 0 Å². The molecule has 0 rings (SSSR count). The predicted molar refractivity (Wildman–Crippen MR) is 52.7 cm³/mol. The third kappa shape index (κ3) is 7.56. The molecule has 0 N–H and O–H groups in total. The number of hydrogen-bond donors (Lipinski definition) is 0. The molecular formula is C4H12P2S2. The average Bonchev–Trinajstić information content (AvgIpc) is 1.61. The summed E-state index contributed by atoms with van der Waals surface area (Å²) in [5.41, 5.74) is 0. The monoisotopic (exact) mass is 186 g/mol. The van der Waals surface area contributed by atoms with Crippen LogP contribution in [-0.4, -0.2) is 26.7 Å². The lowest BCUT2D eigenvalue weighted by Gasteiger charge is -2.05. The Labute approximate surface area is 62.0 Å². The van der Waals surface area contributed by atoms with Gasteiger partial charge in [-0.3, -0.25) is 0 Å². The first-order chi connectivity index (χ1) is 3.63. The molecule has 0 aliphatic rings. The molecule has 0 unspecified atom stereocenters. The minimum atomic E-state index is 0.263. The lowest BCUT2D eigenvalue weighted by Crippen LogP contribution is -1.52. The molecule has 0 nitrogen and oxygen atoms in total. The van der Waals surface area contributed by atoms with Gasteiger partial charge in [0.1, 0.15) is 0 Å². The number of rotatable bonds is 3. The predicted octanol–water partition coefficient (Wildman–Crippen LogP) is 3.68. The second-order valence-corrected chi connectivity index (χ2v) is 13.3. The van der Waals surface area contributed by atoms with Crippen molar-refractivity contribution in [1.29, 1.82) is 0 Å². The van der Waals surface area contributed by atoms with E-state index in [4.69, 9.17) is 0 Å². The zero-order valence-corrected chi connectivity index (χ0v) is 9.13. The van der Waals surface area contributed by atoms with Crippen LogP contribution in [-0.2, 0) is 0 Å². The van der Waals surface area contributed by atoms with E-state index in [9.17, 15) is 0 Å². The molecule has 0 aliphatic carbocycles. The van der Waals surface area contributed by atoms with Crippen LogP contribution in [0.25, 0.3) is 0 Å². The fourth-order valence-electron chi connectivity index (χ4n) is 0.133. The van der Waals surface area contributed by atoms with Gasteiger partial charge >= 0.3 is 0 Å². The average molecular weight is 186 g/mol. The van der Waals surface area contributed by atoms with E-state index >= 15 is 0 Å². The first kappa shape index (κ1) is 9.56. The maximum atomic E-state index is 2.30. The molecule has 8 heavy (non-hydrogen) atoms. The molecule has 50 valence electrons. The van der Waals surface area contributed by atoms with Crippen molar-refractivity contribution in [2.45, 2.75) is 0 Å². The lowest BCUT2D eigenvalue weighted by atomic mass is 11.9. The van der Waals surface area contributed by atoms with Crippen LogP contribution in [0, 0.1) is 0 Å². The molecular weight excluding hydrogens is 174 g/mol. The summed E-state index contributed by atoms with van der Waals surface area (Å²) in [6, 6.07) is 0. The van der Waals surface area contributed by atoms with E-state index in [1.807, 2.05) is 20.8 Å². The Morgan fingerprint density at radius 1 is 0.750 bits per heavy atom. The molecule has 0 aliphatic heterocycles. The topological polar surface area (TPSA) is 0 Å². The third-order valence-electron chi connectivity index (χ3n) is 0.331. The fraction of sp³-hybridized carbons (Fsp3) is 1.00. The van der Waals surface area contributed by atoms with Gasteiger partial charge in [0.25, 0.3) is 0 Å². The second kappa shape index (κ2) is 5.35. The standard InChI is InChI=1S/C4H12P2S2/c1-5(2)7-8-6(3)4/h1-4H3. The first-order valence-corrected chi connectivity index (χ1v) is 10.2. The van der Waals surface area contributed by atoms with Crippen molar-refractivity contribution in [3.63, 3.8) is 0 Å². The second-order valence-electron chi connectivity index (χ2n) is 1.77. The Morgan fingerprint density at radius 2 is 1.00 bits per heavy atom. The molecule has 0 amide bonds. The lowest BCUT2D eigenvalue weighted by molar-refractivity contribution is 2.30. The van der Waals surface area contributed by atoms with Gasteiger partial charge in [-0.25, -0.2) is 0 Å². The van der Waals surface area contributed by atoms with Gasteiger partial charge in [0, 0.05) is 0 Å². The Morgan fingerprint density at radius 3 is 1.12 bits per heavy atom. The van der Waals surface area contributed by atoms with Gasteiger partial charge < -0.3 is 0 Å². The molecule has 0 aromatic carbocycles. The van der Waals surface area contributed by atoms with Crippen LogP contribution in [0.4, 0.5) is 0 Å². The molecule has 0 saturated carbocycles. The molecule has 0 saturated heterocycles. The van der Waals surface area contributed by atoms with E-state index in [-0.39, 0.29) is 14.2 Å². The minimum absolute atomic E-state index is 0.263. The van der Waals surface area contributed by atoms with Gasteiger partial charge in [-0.15, -0.1) is 0 Å². The Hall–Kier alpha value is 1.56. The van der Waals surface area contributed by atoms with Crippen LogP contribution in [0.15, 0.2) is 0 Å². The van der Waals surface area contributed by atoms with Crippen molar-refractivity contribution >= 4 is 35.1 Å². The van der Waals surface area contributed by atoms with Crippen molar-refractivity contribution in [3.8, 4) is 0 Å². The largest absolute Gasteiger partial charge is 0.0629 e. The van der Waals surface area contributed by atoms with Crippen LogP contribution in [0.3, 0.4) is 0 Å². The number of hydrogen-bond acceptors (Lipinski definition) is 2. The summed E-state index contributed by atoms with van der Waals surface area (Å²) in [6.45, 7) is 9.19. The van der Waals surface area contributed by atoms with E-state index in [1.165, 1.54) is 0 Å². The van der Waals surface area contributed by atoms with Crippen LogP contribution in [0.5, 0.6) is 0 Å². The molecule has 4 heteroatoms. The molecule has 0 fully saturated rings. The summed E-state index contributed by atoms with van der Waals surface area (Å²) in [5, 5.41) is 0. The minimum Gasteiger partial charge on any atom is -0.0629 e. The van der Waals surface area contributed by atoms with Crippen LogP contribution in [0.1, 0.15) is 0 Å². The highest BCUT2D eigenvalue weighted by Crippen LogP contribution is 2.61. The Kier molecular flexibility index (Phi) is 6.40. The maximum absolute atomic E-state index is 2.30. The summed E-state index contributed by atoms with van der Waals surface area (Å²) in [6.07, 6.45) is 0. The summed E-state index contributed by atoms with van der Waals surface area (Å²) < 4.78 is 0. The Balaban J connectivity index is 2.93. The van der Waals surface area contributed by atoms with Crippen molar-refractivity contribution in [3.05, 3.63) is 0 Å². The van der Waals surface area contributed by atoms with Crippen molar-refractivity contribution in [2.75, 3.05) is 26.7 Å². The van der Waals surface area contributed by atoms with Crippen molar-refractivity contribution in [1.82, 2.24) is 0 Å². The molecule has 0 atom stereocenters. The maximum Gasteiger partial charge on any atom is -0.0346 e. The van der Waals surface area contributed by atoms with Crippen LogP contribution in [0.2, 0.25) is 0 Å². The SMILES string of the molecule is CP(C)SSP(C)C. The van der Waals surface area contributed by atoms with Gasteiger partial charge in [-0.2, -0.15) is 0 Å². The van der Waals surface area contributed by atoms with Gasteiger partial charge in [-0.1, -0.05) is 20.8 Å². The van der Waals surface area contributed by atoms with Crippen molar-refractivity contribution < 1.29 is 0 Å². The smallest absolute Gasteiger partial charge is 0.0346 e. The van der Waals surface area contributed by atoms with Crippen molar-refractivity contribution in [2.24, 2.45) is 0 Å². The fourth-order valence-corrected chi connectivity index (χ4v) is 10.8. The highest BCUT2D eigenvalue weighted by atomic mass is 33.5. The van der Waals surface area contributed by atoms with E-state index in [0.717, 1.165) is 0 Å². The molecule has 0 radical (unpaired) electrons.